The molecule has 1 aromatic heterocycles. The van der Waals surface area contributed by atoms with Crippen LogP contribution in [-0.4, -0.2) is 16.1 Å². The highest BCUT2D eigenvalue weighted by Crippen LogP contribution is 2.22. The molecule has 21 heavy (non-hydrogen) atoms. The molecule has 2 aromatic carbocycles. The van der Waals surface area contributed by atoms with Crippen LogP contribution < -0.4 is 5.32 Å². The van der Waals surface area contributed by atoms with Crippen LogP contribution >= 0.6 is 15.9 Å². The van der Waals surface area contributed by atoms with Crippen molar-refractivity contribution in [3.63, 3.8) is 0 Å². The van der Waals surface area contributed by atoms with Gasteiger partial charge in [-0.2, -0.15) is 0 Å². The fraction of sp³-hybridized carbons (Fsp3) is 0. The van der Waals surface area contributed by atoms with E-state index in [4.69, 9.17) is 5.11 Å². The molecule has 0 fully saturated rings. The molecular formula is C16H11BrN2O2. The van der Waals surface area contributed by atoms with E-state index in [9.17, 15) is 4.79 Å². The van der Waals surface area contributed by atoms with Crippen LogP contribution in [0.5, 0.6) is 0 Å². The number of carbonyl (C=O) groups is 1. The Bertz CT molecular complexity index is 816. The van der Waals surface area contributed by atoms with Crippen molar-refractivity contribution in [3.8, 4) is 0 Å². The van der Waals surface area contributed by atoms with Crippen molar-refractivity contribution >= 4 is 44.3 Å². The van der Waals surface area contributed by atoms with Gasteiger partial charge < -0.3 is 10.4 Å². The summed E-state index contributed by atoms with van der Waals surface area (Å²) in [6, 6.07) is 16.4. The molecule has 3 rings (SSSR count). The molecule has 0 spiro atoms. The maximum Gasteiger partial charge on any atom is 0.336 e. The van der Waals surface area contributed by atoms with Crippen molar-refractivity contribution in [2.75, 3.05) is 5.32 Å². The summed E-state index contributed by atoms with van der Waals surface area (Å²) in [5.74, 6) is -0.275. The van der Waals surface area contributed by atoms with Gasteiger partial charge in [0.05, 0.1) is 11.1 Å². The average Bonchev–Trinajstić information content (AvgIpc) is 2.48. The van der Waals surface area contributed by atoms with Crippen LogP contribution in [0, 0.1) is 0 Å². The number of rotatable bonds is 3. The van der Waals surface area contributed by atoms with Crippen molar-refractivity contribution < 1.29 is 9.90 Å². The first-order valence-electron chi connectivity index (χ1n) is 6.29. The summed E-state index contributed by atoms with van der Waals surface area (Å²) in [4.78, 5) is 15.6. The SMILES string of the molecule is O=C(O)c1cccc2nc(Nc3ccc(Br)cc3)ccc12. The number of anilines is 2. The largest absolute Gasteiger partial charge is 0.478 e. The summed E-state index contributed by atoms with van der Waals surface area (Å²) in [7, 11) is 0. The van der Waals surface area contributed by atoms with Crippen molar-refractivity contribution in [1.82, 2.24) is 4.98 Å². The topological polar surface area (TPSA) is 62.2 Å². The Hall–Kier alpha value is -2.40. The quantitative estimate of drug-likeness (QED) is 0.738. The summed E-state index contributed by atoms with van der Waals surface area (Å²) in [6.45, 7) is 0. The molecule has 0 saturated carbocycles. The fourth-order valence-electron chi connectivity index (χ4n) is 2.09. The lowest BCUT2D eigenvalue weighted by atomic mass is 10.1. The van der Waals surface area contributed by atoms with Gasteiger partial charge in [0.1, 0.15) is 5.82 Å². The molecule has 0 bridgehead atoms. The van der Waals surface area contributed by atoms with Crippen LogP contribution in [-0.2, 0) is 0 Å². The average molecular weight is 343 g/mol. The molecule has 0 aliphatic carbocycles. The summed E-state index contributed by atoms with van der Waals surface area (Å²) in [5.41, 5.74) is 1.83. The minimum Gasteiger partial charge on any atom is -0.478 e. The minimum atomic E-state index is -0.948. The molecule has 5 heteroatoms. The van der Waals surface area contributed by atoms with E-state index < -0.39 is 5.97 Å². The number of carboxylic acid groups (broad SMARTS) is 1. The Labute approximate surface area is 129 Å². The highest BCUT2D eigenvalue weighted by atomic mass is 79.9. The number of carboxylic acids is 1. The Kier molecular flexibility index (Phi) is 3.58. The van der Waals surface area contributed by atoms with Gasteiger partial charge in [-0.25, -0.2) is 9.78 Å². The molecule has 0 radical (unpaired) electrons. The van der Waals surface area contributed by atoms with E-state index >= 15 is 0 Å². The third-order valence-electron chi connectivity index (χ3n) is 3.08. The highest BCUT2D eigenvalue weighted by molar-refractivity contribution is 9.10. The minimum absolute atomic E-state index is 0.259. The maximum absolute atomic E-state index is 11.2. The highest BCUT2D eigenvalue weighted by Gasteiger charge is 2.09. The molecule has 0 unspecified atom stereocenters. The standard InChI is InChI=1S/C16H11BrN2O2/c17-10-4-6-11(7-5-10)18-15-9-8-12-13(16(20)21)2-1-3-14(12)19-15/h1-9H,(H,18,19)(H,20,21). The number of nitrogens with one attached hydrogen (secondary N) is 1. The zero-order valence-electron chi connectivity index (χ0n) is 10.9. The van der Waals surface area contributed by atoms with Crippen molar-refractivity contribution in [2.24, 2.45) is 0 Å². The molecule has 0 aliphatic rings. The monoisotopic (exact) mass is 342 g/mol. The van der Waals surface area contributed by atoms with Crippen LogP contribution in [0.15, 0.2) is 59.1 Å². The molecule has 4 nitrogen and oxygen atoms in total. The number of hydrogen-bond donors (Lipinski definition) is 2. The third kappa shape index (κ3) is 2.87. The first-order valence-corrected chi connectivity index (χ1v) is 7.08. The third-order valence-corrected chi connectivity index (χ3v) is 3.61. The van der Waals surface area contributed by atoms with Crippen molar-refractivity contribution in [3.05, 3.63) is 64.6 Å². The van der Waals surface area contributed by atoms with Crippen LogP contribution in [0.25, 0.3) is 10.9 Å². The van der Waals surface area contributed by atoms with Crippen LogP contribution in [0.4, 0.5) is 11.5 Å². The normalized spacial score (nSPS) is 10.5. The van der Waals surface area contributed by atoms with E-state index in [1.807, 2.05) is 24.3 Å². The number of pyridine rings is 1. The first kappa shape index (κ1) is 13.6. The number of nitrogens with zero attached hydrogens (tertiary/aromatic N) is 1. The van der Waals surface area contributed by atoms with E-state index in [0.29, 0.717) is 16.7 Å². The molecule has 0 atom stereocenters. The predicted octanol–water partition coefficient (Wildman–Crippen LogP) is 4.44. The second-order valence-corrected chi connectivity index (χ2v) is 5.42. The van der Waals surface area contributed by atoms with Crippen LogP contribution in [0.2, 0.25) is 0 Å². The van der Waals surface area contributed by atoms with E-state index in [-0.39, 0.29) is 5.56 Å². The van der Waals surface area contributed by atoms with Gasteiger partial charge in [0.25, 0.3) is 0 Å². The van der Waals surface area contributed by atoms with Gasteiger partial charge in [0.15, 0.2) is 0 Å². The molecule has 2 N–H and O–H groups in total. The summed E-state index contributed by atoms with van der Waals surface area (Å²) in [6.07, 6.45) is 0. The fourth-order valence-corrected chi connectivity index (χ4v) is 2.36. The van der Waals surface area contributed by atoms with Crippen molar-refractivity contribution in [1.29, 1.82) is 0 Å². The van der Waals surface area contributed by atoms with Gasteiger partial charge in [-0.05, 0) is 48.5 Å². The summed E-state index contributed by atoms with van der Waals surface area (Å²) < 4.78 is 1.01. The van der Waals surface area contributed by atoms with Crippen LogP contribution in [0.1, 0.15) is 10.4 Å². The Morgan fingerprint density at radius 1 is 1.05 bits per heavy atom. The lowest BCUT2D eigenvalue weighted by Gasteiger charge is -2.08. The van der Waals surface area contributed by atoms with E-state index in [1.165, 1.54) is 0 Å². The second kappa shape index (κ2) is 5.54. The van der Waals surface area contributed by atoms with Crippen LogP contribution in [0.3, 0.4) is 0 Å². The van der Waals surface area contributed by atoms with Gasteiger partial charge in [0, 0.05) is 15.5 Å². The lowest BCUT2D eigenvalue weighted by molar-refractivity contribution is 0.0699. The second-order valence-electron chi connectivity index (χ2n) is 4.51. The molecule has 104 valence electrons. The number of benzene rings is 2. The zero-order chi connectivity index (χ0) is 14.8. The van der Waals surface area contributed by atoms with E-state index in [0.717, 1.165) is 10.2 Å². The molecule has 1 heterocycles. The van der Waals surface area contributed by atoms with Gasteiger partial charge in [-0.1, -0.05) is 22.0 Å². The molecular weight excluding hydrogens is 332 g/mol. The van der Waals surface area contributed by atoms with E-state index in [1.54, 1.807) is 30.3 Å². The number of aromatic carboxylic acids is 1. The van der Waals surface area contributed by atoms with Gasteiger partial charge in [-0.15, -0.1) is 0 Å². The Morgan fingerprint density at radius 2 is 1.81 bits per heavy atom. The molecule has 0 aliphatic heterocycles. The molecule has 3 aromatic rings. The number of hydrogen-bond acceptors (Lipinski definition) is 3. The smallest absolute Gasteiger partial charge is 0.336 e. The summed E-state index contributed by atoms with van der Waals surface area (Å²) >= 11 is 3.39. The number of aromatic nitrogens is 1. The first-order chi connectivity index (χ1) is 10.1. The molecule has 0 amide bonds. The maximum atomic E-state index is 11.2. The molecule has 0 saturated heterocycles. The zero-order valence-corrected chi connectivity index (χ0v) is 12.5. The van der Waals surface area contributed by atoms with Gasteiger partial charge >= 0.3 is 5.97 Å². The number of halogens is 1. The van der Waals surface area contributed by atoms with Crippen molar-refractivity contribution in [2.45, 2.75) is 0 Å². The lowest BCUT2D eigenvalue weighted by Crippen LogP contribution is -1.99. The predicted molar refractivity (Wildman–Crippen MR) is 86.1 cm³/mol. The van der Waals surface area contributed by atoms with Gasteiger partial charge in [0.2, 0.25) is 0 Å². The summed E-state index contributed by atoms with van der Waals surface area (Å²) in [5, 5.41) is 13.0. The number of fused-ring (bicyclic) bond motifs is 1. The van der Waals surface area contributed by atoms with E-state index in [2.05, 4.69) is 26.2 Å². The van der Waals surface area contributed by atoms with Gasteiger partial charge in [-0.3, -0.25) is 0 Å². The Balaban J connectivity index is 1.98. The Morgan fingerprint density at radius 3 is 2.52 bits per heavy atom.